The highest BCUT2D eigenvalue weighted by atomic mass is 35.5. The van der Waals surface area contributed by atoms with Gasteiger partial charge in [-0.2, -0.15) is 0 Å². The number of rotatable bonds is 3. The molecule has 1 saturated heterocycles. The van der Waals surface area contributed by atoms with Gasteiger partial charge in [0.2, 0.25) is 5.88 Å². The molecule has 2 aliphatic rings. The number of fused-ring (bicyclic) bond motifs is 2. The first-order chi connectivity index (χ1) is 13.8. The number of aromatic nitrogens is 2. The molecule has 29 heavy (non-hydrogen) atoms. The number of hydrogen-bond donors (Lipinski definition) is 0. The Morgan fingerprint density at radius 3 is 3.00 bits per heavy atom. The standard InChI is InChI=1S/C21H26ClN3O4/c1-21(2,3)29-20(26)25-11-13(28-17-8-4-7-16(17)25)12-27-19-14-6-5-9-23-15(14)10-18(22)24-19/h5-6,9-10,13,16-17H,4,7-8,11-12H2,1-3H3/t13-,16+,17-/m0/s1. The number of morpholine rings is 1. The molecule has 156 valence electrons. The summed E-state index contributed by atoms with van der Waals surface area (Å²) in [6.07, 6.45) is 4.05. The van der Waals surface area contributed by atoms with E-state index in [0.717, 1.165) is 30.2 Å². The van der Waals surface area contributed by atoms with Gasteiger partial charge in [0.15, 0.2) is 0 Å². The molecule has 7 nitrogen and oxygen atoms in total. The van der Waals surface area contributed by atoms with Crippen molar-refractivity contribution in [3.63, 3.8) is 0 Å². The maximum atomic E-state index is 12.8. The van der Waals surface area contributed by atoms with E-state index in [-0.39, 0.29) is 30.9 Å². The van der Waals surface area contributed by atoms with Crippen LogP contribution in [0.4, 0.5) is 4.79 Å². The Morgan fingerprint density at radius 2 is 2.21 bits per heavy atom. The third-order valence-corrected chi connectivity index (χ3v) is 5.35. The Balaban J connectivity index is 1.49. The minimum Gasteiger partial charge on any atom is -0.474 e. The van der Waals surface area contributed by atoms with Crippen LogP contribution in [0.25, 0.3) is 10.9 Å². The third kappa shape index (κ3) is 4.56. The van der Waals surface area contributed by atoms with Crippen LogP contribution < -0.4 is 4.74 Å². The fraction of sp³-hybridized carbons (Fsp3) is 0.571. The predicted molar refractivity (Wildman–Crippen MR) is 109 cm³/mol. The van der Waals surface area contributed by atoms with Crippen molar-refractivity contribution < 1.29 is 19.0 Å². The third-order valence-electron chi connectivity index (χ3n) is 5.15. The molecule has 1 amide bonds. The summed E-state index contributed by atoms with van der Waals surface area (Å²) in [4.78, 5) is 23.2. The number of carbonyl (C=O) groups excluding carboxylic acids is 1. The van der Waals surface area contributed by atoms with Crippen LogP contribution in [-0.4, -0.2) is 58.0 Å². The van der Waals surface area contributed by atoms with E-state index in [4.69, 9.17) is 25.8 Å². The van der Waals surface area contributed by atoms with Crippen molar-refractivity contribution in [2.24, 2.45) is 0 Å². The molecular formula is C21H26ClN3O4. The molecule has 0 radical (unpaired) electrons. The Morgan fingerprint density at radius 1 is 1.38 bits per heavy atom. The van der Waals surface area contributed by atoms with Crippen LogP contribution in [0.3, 0.4) is 0 Å². The fourth-order valence-electron chi connectivity index (χ4n) is 3.99. The van der Waals surface area contributed by atoms with Crippen LogP contribution in [0.2, 0.25) is 5.15 Å². The monoisotopic (exact) mass is 419 g/mol. The number of carbonyl (C=O) groups is 1. The SMILES string of the molecule is CC(C)(C)OC(=O)N1C[C@@H](COc2nc(Cl)cc3ncccc23)O[C@H]2CCC[C@H]21. The van der Waals surface area contributed by atoms with Crippen molar-refractivity contribution in [3.8, 4) is 5.88 Å². The van der Waals surface area contributed by atoms with E-state index in [0.29, 0.717) is 17.6 Å². The van der Waals surface area contributed by atoms with E-state index >= 15 is 0 Å². The summed E-state index contributed by atoms with van der Waals surface area (Å²) in [5, 5.41) is 1.11. The highest BCUT2D eigenvalue weighted by molar-refractivity contribution is 6.30. The molecule has 2 aromatic rings. The molecule has 4 rings (SSSR count). The minimum atomic E-state index is -0.536. The van der Waals surface area contributed by atoms with E-state index in [1.165, 1.54) is 0 Å². The molecule has 1 aliphatic carbocycles. The number of amides is 1. The summed E-state index contributed by atoms with van der Waals surface area (Å²) in [6, 6.07) is 5.49. The molecule has 0 unspecified atom stereocenters. The Bertz CT molecular complexity index is 901. The van der Waals surface area contributed by atoms with Crippen molar-refractivity contribution in [2.75, 3.05) is 13.2 Å². The van der Waals surface area contributed by atoms with Gasteiger partial charge < -0.3 is 14.2 Å². The average Bonchev–Trinajstić information content (AvgIpc) is 3.12. The maximum Gasteiger partial charge on any atom is 0.410 e. The second kappa shape index (κ2) is 7.95. The molecule has 2 aromatic heterocycles. The van der Waals surface area contributed by atoms with Crippen LogP contribution in [0.1, 0.15) is 40.0 Å². The molecule has 3 atom stereocenters. The smallest absolute Gasteiger partial charge is 0.410 e. The molecule has 0 N–H and O–H groups in total. The first kappa shape index (κ1) is 20.2. The first-order valence-electron chi connectivity index (χ1n) is 9.99. The number of hydrogen-bond acceptors (Lipinski definition) is 6. The normalized spacial score (nSPS) is 24.4. The van der Waals surface area contributed by atoms with Gasteiger partial charge in [-0.1, -0.05) is 11.6 Å². The molecule has 8 heteroatoms. The van der Waals surface area contributed by atoms with E-state index in [2.05, 4.69) is 9.97 Å². The molecule has 1 saturated carbocycles. The highest BCUT2D eigenvalue weighted by Gasteiger charge is 2.43. The Hall–Kier alpha value is -2.12. The summed E-state index contributed by atoms with van der Waals surface area (Å²) in [5.74, 6) is 0.418. The van der Waals surface area contributed by atoms with Crippen LogP contribution in [-0.2, 0) is 9.47 Å². The average molecular weight is 420 g/mol. The summed E-state index contributed by atoms with van der Waals surface area (Å²) in [7, 11) is 0. The van der Waals surface area contributed by atoms with Crippen molar-refractivity contribution in [1.82, 2.24) is 14.9 Å². The predicted octanol–water partition coefficient (Wildman–Crippen LogP) is 4.22. The Labute approximate surface area is 175 Å². The van der Waals surface area contributed by atoms with Crippen LogP contribution in [0.15, 0.2) is 24.4 Å². The first-order valence-corrected chi connectivity index (χ1v) is 10.4. The zero-order valence-corrected chi connectivity index (χ0v) is 17.7. The van der Waals surface area contributed by atoms with E-state index in [9.17, 15) is 4.79 Å². The zero-order chi connectivity index (χ0) is 20.6. The van der Waals surface area contributed by atoms with Crippen LogP contribution >= 0.6 is 11.6 Å². The van der Waals surface area contributed by atoms with Crippen molar-refractivity contribution in [3.05, 3.63) is 29.5 Å². The summed E-state index contributed by atoms with van der Waals surface area (Å²) in [6.45, 7) is 6.32. The second-order valence-corrected chi connectivity index (χ2v) is 8.95. The summed E-state index contributed by atoms with van der Waals surface area (Å²) in [5.41, 5.74) is 0.185. The summed E-state index contributed by atoms with van der Waals surface area (Å²) < 4.78 is 17.8. The molecular weight excluding hydrogens is 394 g/mol. The fourth-order valence-corrected chi connectivity index (χ4v) is 4.17. The lowest BCUT2D eigenvalue weighted by Gasteiger charge is -2.42. The van der Waals surface area contributed by atoms with Crippen molar-refractivity contribution in [1.29, 1.82) is 0 Å². The molecule has 0 bridgehead atoms. The molecule has 3 heterocycles. The lowest BCUT2D eigenvalue weighted by molar-refractivity contribution is -0.117. The van der Waals surface area contributed by atoms with Gasteiger partial charge in [-0.25, -0.2) is 9.78 Å². The minimum absolute atomic E-state index is 0.00981. The van der Waals surface area contributed by atoms with Crippen LogP contribution in [0, 0.1) is 0 Å². The largest absolute Gasteiger partial charge is 0.474 e. The molecule has 2 fully saturated rings. The summed E-state index contributed by atoms with van der Waals surface area (Å²) >= 11 is 6.11. The number of ether oxygens (including phenoxy) is 3. The quantitative estimate of drug-likeness (QED) is 0.693. The van der Waals surface area contributed by atoms with Gasteiger partial charge >= 0.3 is 6.09 Å². The van der Waals surface area contributed by atoms with Gasteiger partial charge in [0.25, 0.3) is 0 Å². The van der Waals surface area contributed by atoms with Gasteiger partial charge in [0.05, 0.1) is 29.6 Å². The van der Waals surface area contributed by atoms with Gasteiger partial charge in [-0.3, -0.25) is 9.88 Å². The van der Waals surface area contributed by atoms with Gasteiger partial charge in [-0.05, 0) is 52.2 Å². The van der Waals surface area contributed by atoms with E-state index in [1.54, 1.807) is 12.3 Å². The zero-order valence-electron chi connectivity index (χ0n) is 16.9. The number of halogens is 1. The lowest BCUT2D eigenvalue weighted by Crippen LogP contribution is -2.57. The maximum absolute atomic E-state index is 12.8. The molecule has 0 aromatic carbocycles. The number of nitrogens with zero attached hydrogens (tertiary/aromatic N) is 3. The highest BCUT2D eigenvalue weighted by Crippen LogP contribution is 2.33. The van der Waals surface area contributed by atoms with Gasteiger partial charge in [0, 0.05) is 12.3 Å². The van der Waals surface area contributed by atoms with Crippen molar-refractivity contribution in [2.45, 2.75) is 63.9 Å². The van der Waals surface area contributed by atoms with Crippen molar-refractivity contribution >= 4 is 28.6 Å². The lowest BCUT2D eigenvalue weighted by atomic mass is 10.1. The second-order valence-electron chi connectivity index (χ2n) is 8.56. The molecule has 1 aliphatic heterocycles. The van der Waals surface area contributed by atoms with Gasteiger partial charge in [0.1, 0.15) is 23.5 Å². The van der Waals surface area contributed by atoms with Crippen LogP contribution in [0.5, 0.6) is 5.88 Å². The van der Waals surface area contributed by atoms with Gasteiger partial charge in [-0.15, -0.1) is 0 Å². The molecule has 0 spiro atoms. The van der Waals surface area contributed by atoms with E-state index < -0.39 is 5.60 Å². The number of pyridine rings is 2. The topological polar surface area (TPSA) is 73.8 Å². The van der Waals surface area contributed by atoms with E-state index in [1.807, 2.05) is 37.8 Å². The Kier molecular flexibility index (Phi) is 5.53.